The van der Waals surface area contributed by atoms with Gasteiger partial charge in [0, 0.05) is 38.3 Å². The number of piperazine rings is 1. The molecule has 2 N–H and O–H groups in total. The first-order chi connectivity index (χ1) is 9.93. The van der Waals surface area contributed by atoms with Gasteiger partial charge in [-0.1, -0.05) is 6.92 Å². The fourth-order valence-corrected chi connectivity index (χ4v) is 2.52. The Morgan fingerprint density at radius 3 is 2.43 bits per heavy atom. The van der Waals surface area contributed by atoms with Crippen molar-refractivity contribution >= 4 is 11.6 Å². The molecule has 1 heterocycles. The van der Waals surface area contributed by atoms with Crippen molar-refractivity contribution in [3.8, 4) is 0 Å². The van der Waals surface area contributed by atoms with E-state index < -0.39 is 17.5 Å². The number of nitrogens with zero attached hydrogens (tertiary/aromatic N) is 2. The number of amides is 1. The average Bonchev–Trinajstić information content (AvgIpc) is 2.49. The zero-order valence-corrected chi connectivity index (χ0v) is 12.4. The smallest absolute Gasteiger partial charge is 0.256 e. The zero-order chi connectivity index (χ0) is 15.6. The SMILES string of the molecule is CCC(C)N1CCN(C(=O)c2cc(N)c(F)cc2F)CC1. The molecule has 1 amide bonds. The normalized spacial score (nSPS) is 17.8. The van der Waals surface area contributed by atoms with Crippen LogP contribution in [0, 0.1) is 11.6 Å². The summed E-state index contributed by atoms with van der Waals surface area (Å²) in [6.07, 6.45) is 1.05. The molecular formula is C15H21F2N3O. The van der Waals surface area contributed by atoms with Crippen molar-refractivity contribution in [2.24, 2.45) is 0 Å². The molecule has 2 rings (SSSR count). The van der Waals surface area contributed by atoms with E-state index >= 15 is 0 Å². The first kappa shape index (κ1) is 15.7. The van der Waals surface area contributed by atoms with Crippen LogP contribution in [0.2, 0.25) is 0 Å². The first-order valence-corrected chi connectivity index (χ1v) is 7.21. The molecule has 0 aliphatic carbocycles. The number of hydrogen-bond donors (Lipinski definition) is 1. The molecule has 0 bridgehead atoms. The number of rotatable bonds is 3. The van der Waals surface area contributed by atoms with E-state index in [4.69, 9.17) is 5.73 Å². The van der Waals surface area contributed by atoms with Crippen molar-refractivity contribution in [1.29, 1.82) is 0 Å². The van der Waals surface area contributed by atoms with E-state index in [0.29, 0.717) is 25.2 Å². The largest absolute Gasteiger partial charge is 0.396 e. The van der Waals surface area contributed by atoms with Crippen molar-refractivity contribution in [3.05, 3.63) is 29.3 Å². The van der Waals surface area contributed by atoms with Crippen molar-refractivity contribution in [2.75, 3.05) is 31.9 Å². The lowest BCUT2D eigenvalue weighted by atomic mass is 10.1. The molecule has 1 aromatic rings. The maximum atomic E-state index is 13.7. The molecule has 1 fully saturated rings. The van der Waals surface area contributed by atoms with Crippen LogP contribution in [0.25, 0.3) is 0 Å². The van der Waals surface area contributed by atoms with Crippen molar-refractivity contribution in [3.63, 3.8) is 0 Å². The van der Waals surface area contributed by atoms with Crippen LogP contribution in [0.5, 0.6) is 0 Å². The minimum absolute atomic E-state index is 0.161. The van der Waals surface area contributed by atoms with Gasteiger partial charge in [0.05, 0.1) is 11.3 Å². The van der Waals surface area contributed by atoms with Crippen LogP contribution in [-0.4, -0.2) is 47.9 Å². The van der Waals surface area contributed by atoms with Gasteiger partial charge in [0.2, 0.25) is 0 Å². The minimum Gasteiger partial charge on any atom is -0.396 e. The number of hydrogen-bond acceptors (Lipinski definition) is 3. The highest BCUT2D eigenvalue weighted by Crippen LogP contribution is 2.19. The van der Waals surface area contributed by atoms with Gasteiger partial charge < -0.3 is 10.6 Å². The molecule has 0 radical (unpaired) electrons. The zero-order valence-electron chi connectivity index (χ0n) is 12.4. The summed E-state index contributed by atoms with van der Waals surface area (Å²) >= 11 is 0. The number of carbonyl (C=O) groups excluding carboxylic acids is 1. The van der Waals surface area contributed by atoms with E-state index in [1.807, 2.05) is 0 Å². The van der Waals surface area contributed by atoms with Gasteiger partial charge in [-0.05, 0) is 19.4 Å². The molecule has 116 valence electrons. The van der Waals surface area contributed by atoms with Gasteiger partial charge in [0.1, 0.15) is 11.6 Å². The van der Waals surface area contributed by atoms with Gasteiger partial charge in [-0.2, -0.15) is 0 Å². The number of benzene rings is 1. The predicted molar refractivity (Wildman–Crippen MR) is 78.0 cm³/mol. The maximum absolute atomic E-state index is 13.7. The molecule has 21 heavy (non-hydrogen) atoms. The summed E-state index contributed by atoms with van der Waals surface area (Å²) < 4.78 is 26.9. The second-order valence-corrected chi connectivity index (χ2v) is 5.44. The lowest BCUT2D eigenvalue weighted by molar-refractivity contribution is 0.0575. The van der Waals surface area contributed by atoms with Crippen LogP contribution in [0.4, 0.5) is 14.5 Å². The number of carbonyl (C=O) groups is 1. The number of nitrogens with two attached hydrogens (primary N) is 1. The summed E-state index contributed by atoms with van der Waals surface area (Å²) in [6, 6.07) is 2.21. The van der Waals surface area contributed by atoms with Crippen LogP contribution in [0.15, 0.2) is 12.1 Å². The van der Waals surface area contributed by atoms with E-state index in [-0.39, 0.29) is 11.3 Å². The van der Waals surface area contributed by atoms with Crippen LogP contribution in [0.3, 0.4) is 0 Å². The third kappa shape index (κ3) is 3.32. The standard InChI is InChI=1S/C15H21F2N3O/c1-3-10(2)19-4-6-20(7-5-19)15(21)11-8-14(18)13(17)9-12(11)16/h8-10H,3-7,18H2,1-2H3. The van der Waals surface area contributed by atoms with Crippen LogP contribution in [-0.2, 0) is 0 Å². The van der Waals surface area contributed by atoms with E-state index in [9.17, 15) is 13.6 Å². The van der Waals surface area contributed by atoms with Crippen LogP contribution >= 0.6 is 0 Å². The highest BCUT2D eigenvalue weighted by molar-refractivity contribution is 5.95. The molecule has 0 saturated carbocycles. The lowest BCUT2D eigenvalue weighted by Crippen LogP contribution is -2.51. The van der Waals surface area contributed by atoms with Gasteiger partial charge >= 0.3 is 0 Å². The monoisotopic (exact) mass is 297 g/mol. The Hall–Kier alpha value is -1.69. The van der Waals surface area contributed by atoms with Crippen LogP contribution in [0.1, 0.15) is 30.6 Å². The Morgan fingerprint density at radius 2 is 1.86 bits per heavy atom. The first-order valence-electron chi connectivity index (χ1n) is 7.21. The fourth-order valence-electron chi connectivity index (χ4n) is 2.52. The second kappa shape index (κ2) is 6.39. The predicted octanol–water partition coefficient (Wildman–Crippen LogP) is 2.10. The molecule has 1 aromatic carbocycles. The highest BCUT2D eigenvalue weighted by Gasteiger charge is 2.26. The number of halogens is 2. The molecule has 0 spiro atoms. The summed E-state index contributed by atoms with van der Waals surface area (Å²) in [7, 11) is 0. The quantitative estimate of drug-likeness (QED) is 0.869. The van der Waals surface area contributed by atoms with Crippen molar-refractivity contribution in [2.45, 2.75) is 26.3 Å². The summed E-state index contributed by atoms with van der Waals surface area (Å²) in [4.78, 5) is 16.2. The van der Waals surface area contributed by atoms with E-state index in [0.717, 1.165) is 25.6 Å². The minimum atomic E-state index is -0.865. The summed E-state index contributed by atoms with van der Waals surface area (Å²) in [5, 5.41) is 0. The number of nitrogen functional groups attached to an aromatic ring is 1. The molecule has 1 saturated heterocycles. The highest BCUT2D eigenvalue weighted by atomic mass is 19.1. The Labute approximate surface area is 123 Å². The van der Waals surface area contributed by atoms with Crippen LogP contribution < -0.4 is 5.73 Å². The van der Waals surface area contributed by atoms with Gasteiger partial charge in [-0.15, -0.1) is 0 Å². The van der Waals surface area contributed by atoms with Gasteiger partial charge in [-0.25, -0.2) is 8.78 Å². The molecule has 4 nitrogen and oxygen atoms in total. The molecule has 1 aliphatic rings. The van der Waals surface area contributed by atoms with Gasteiger partial charge in [-0.3, -0.25) is 9.69 Å². The lowest BCUT2D eigenvalue weighted by Gasteiger charge is -2.37. The molecule has 0 aromatic heterocycles. The third-order valence-corrected chi connectivity index (χ3v) is 4.13. The fraction of sp³-hybridized carbons (Fsp3) is 0.533. The third-order valence-electron chi connectivity index (χ3n) is 4.13. The topological polar surface area (TPSA) is 49.6 Å². The Morgan fingerprint density at radius 1 is 1.24 bits per heavy atom. The van der Waals surface area contributed by atoms with Gasteiger partial charge in [0.25, 0.3) is 5.91 Å². The summed E-state index contributed by atoms with van der Waals surface area (Å²) in [6.45, 7) is 6.88. The Kier molecular flexibility index (Phi) is 4.77. The number of anilines is 1. The van der Waals surface area contributed by atoms with Crippen molar-refractivity contribution < 1.29 is 13.6 Å². The van der Waals surface area contributed by atoms with Gasteiger partial charge in [0.15, 0.2) is 0 Å². The maximum Gasteiger partial charge on any atom is 0.256 e. The molecule has 1 atom stereocenters. The summed E-state index contributed by atoms with van der Waals surface area (Å²) in [5.41, 5.74) is 5.04. The molecular weight excluding hydrogens is 276 g/mol. The van der Waals surface area contributed by atoms with E-state index in [1.54, 1.807) is 4.90 Å². The molecule has 1 aliphatic heterocycles. The molecule has 1 unspecified atom stereocenters. The van der Waals surface area contributed by atoms with E-state index in [2.05, 4.69) is 18.7 Å². The Bertz CT molecular complexity index is 528. The van der Waals surface area contributed by atoms with E-state index in [1.165, 1.54) is 0 Å². The summed E-state index contributed by atoms with van der Waals surface area (Å²) in [5.74, 6) is -2.13. The molecule has 6 heteroatoms. The van der Waals surface area contributed by atoms with Crippen molar-refractivity contribution in [1.82, 2.24) is 9.80 Å². The second-order valence-electron chi connectivity index (χ2n) is 5.44. The average molecular weight is 297 g/mol. The Balaban J connectivity index is 2.07.